The van der Waals surface area contributed by atoms with Gasteiger partial charge in [0.25, 0.3) is 0 Å². The number of aromatic nitrogens is 4. The largest absolute Gasteiger partial charge is 0.493 e. The lowest BCUT2D eigenvalue weighted by atomic mass is 9.98. The molecular weight excluding hydrogens is 423 g/mol. The second-order valence-corrected chi connectivity index (χ2v) is 7.72. The maximum absolute atomic E-state index is 15.0. The fourth-order valence-electron chi connectivity index (χ4n) is 4.07. The summed E-state index contributed by atoms with van der Waals surface area (Å²) in [6.07, 6.45) is 4.42. The van der Waals surface area contributed by atoms with Gasteiger partial charge in [-0.1, -0.05) is 6.07 Å². The number of hydrogen-bond acceptors (Lipinski definition) is 8. The van der Waals surface area contributed by atoms with Crippen molar-refractivity contribution < 1.29 is 13.9 Å². The second-order valence-electron chi connectivity index (χ2n) is 7.72. The summed E-state index contributed by atoms with van der Waals surface area (Å²) in [5, 5.41) is 0.763. The minimum Gasteiger partial charge on any atom is -0.493 e. The van der Waals surface area contributed by atoms with Gasteiger partial charge in [-0.15, -0.1) is 0 Å². The maximum Gasteiger partial charge on any atom is 0.160 e. The predicted molar refractivity (Wildman–Crippen MR) is 123 cm³/mol. The highest BCUT2D eigenvalue weighted by Gasteiger charge is 2.20. The summed E-state index contributed by atoms with van der Waals surface area (Å²) in [7, 11) is 1.53. The average molecular weight is 446 g/mol. The number of nitrogens with zero attached hydrogens (tertiary/aromatic N) is 5. The molecule has 9 heteroatoms. The van der Waals surface area contributed by atoms with E-state index in [4.69, 9.17) is 15.2 Å². The number of rotatable bonds is 5. The van der Waals surface area contributed by atoms with Gasteiger partial charge in [0.05, 0.1) is 43.8 Å². The number of hydrogen-bond donors (Lipinski definition) is 1. The summed E-state index contributed by atoms with van der Waals surface area (Å²) < 4.78 is 25.8. The van der Waals surface area contributed by atoms with Crippen molar-refractivity contribution in [3.8, 4) is 17.0 Å². The Kier molecular flexibility index (Phi) is 5.80. The van der Waals surface area contributed by atoms with Crippen molar-refractivity contribution in [3.63, 3.8) is 0 Å². The van der Waals surface area contributed by atoms with Crippen LogP contribution in [0.15, 0.2) is 55.2 Å². The molecule has 0 aliphatic carbocycles. The van der Waals surface area contributed by atoms with Gasteiger partial charge in [-0.25, -0.2) is 24.3 Å². The molecule has 0 spiro atoms. The fourth-order valence-corrected chi connectivity index (χ4v) is 4.07. The zero-order valence-electron chi connectivity index (χ0n) is 18.1. The summed E-state index contributed by atoms with van der Waals surface area (Å²) >= 11 is 0. The van der Waals surface area contributed by atoms with Gasteiger partial charge in [-0.3, -0.25) is 0 Å². The molecule has 1 saturated heterocycles. The smallest absolute Gasteiger partial charge is 0.160 e. The average Bonchev–Trinajstić information content (AvgIpc) is 2.88. The minimum absolute atomic E-state index is 0.350. The summed E-state index contributed by atoms with van der Waals surface area (Å²) in [4.78, 5) is 19.3. The van der Waals surface area contributed by atoms with Gasteiger partial charge in [0.1, 0.15) is 24.2 Å². The van der Waals surface area contributed by atoms with Crippen LogP contribution in [-0.2, 0) is 4.74 Å². The molecule has 3 heterocycles. The molecule has 1 fully saturated rings. The molecule has 1 aliphatic rings. The zero-order valence-corrected chi connectivity index (χ0v) is 18.1. The van der Waals surface area contributed by atoms with Crippen LogP contribution in [0.25, 0.3) is 22.2 Å². The second kappa shape index (κ2) is 9.05. The first-order chi connectivity index (χ1) is 16.2. The van der Waals surface area contributed by atoms with Gasteiger partial charge in [0.2, 0.25) is 0 Å². The summed E-state index contributed by atoms with van der Waals surface area (Å²) in [6, 6.07) is 10.1. The molecule has 1 unspecified atom stereocenters. The van der Waals surface area contributed by atoms with Gasteiger partial charge in [0, 0.05) is 29.7 Å². The molecule has 0 amide bonds. The van der Waals surface area contributed by atoms with Crippen LogP contribution in [0.4, 0.5) is 10.1 Å². The van der Waals surface area contributed by atoms with Crippen LogP contribution in [0.3, 0.4) is 0 Å². The first-order valence-corrected chi connectivity index (χ1v) is 10.6. The van der Waals surface area contributed by atoms with Crippen LogP contribution in [0, 0.1) is 5.82 Å². The lowest BCUT2D eigenvalue weighted by Gasteiger charge is -2.29. The highest BCUT2D eigenvalue weighted by Crippen LogP contribution is 2.33. The predicted octanol–water partition coefficient (Wildman–Crippen LogP) is 3.12. The molecule has 2 aromatic carbocycles. The van der Waals surface area contributed by atoms with Gasteiger partial charge in [0.15, 0.2) is 5.75 Å². The molecule has 168 valence electrons. The Morgan fingerprint density at radius 2 is 1.91 bits per heavy atom. The van der Waals surface area contributed by atoms with E-state index in [0.717, 1.165) is 29.7 Å². The van der Waals surface area contributed by atoms with Crippen LogP contribution >= 0.6 is 0 Å². The van der Waals surface area contributed by atoms with Crippen LogP contribution < -0.4 is 15.4 Å². The Bertz CT molecular complexity index is 1300. The number of methoxy groups -OCH3 is 1. The van der Waals surface area contributed by atoms with Crippen molar-refractivity contribution in [1.29, 1.82) is 0 Å². The van der Waals surface area contributed by atoms with Crippen LogP contribution in [-0.4, -0.2) is 53.3 Å². The molecule has 4 aromatic rings. The van der Waals surface area contributed by atoms with Crippen molar-refractivity contribution in [3.05, 3.63) is 72.3 Å². The van der Waals surface area contributed by atoms with Gasteiger partial charge in [-0.2, -0.15) is 0 Å². The molecule has 0 radical (unpaired) electrons. The van der Waals surface area contributed by atoms with E-state index in [1.807, 2.05) is 18.2 Å². The molecule has 0 saturated carbocycles. The molecule has 33 heavy (non-hydrogen) atoms. The minimum atomic E-state index is -0.622. The molecular formula is C24H23FN6O2. The third kappa shape index (κ3) is 4.08. The molecule has 1 aliphatic heterocycles. The maximum atomic E-state index is 15.0. The number of halogens is 1. The molecule has 8 nitrogen and oxygen atoms in total. The molecule has 5 rings (SSSR count). The van der Waals surface area contributed by atoms with E-state index in [1.54, 1.807) is 18.3 Å². The Hall–Kier alpha value is -3.69. The number of morpholine rings is 1. The Balaban J connectivity index is 1.55. The third-order valence-electron chi connectivity index (χ3n) is 5.82. The van der Waals surface area contributed by atoms with Gasteiger partial charge < -0.3 is 20.1 Å². The fraction of sp³-hybridized carbons (Fsp3) is 0.250. The highest BCUT2D eigenvalue weighted by atomic mass is 19.1. The topological polar surface area (TPSA) is 99.3 Å². The van der Waals surface area contributed by atoms with Crippen LogP contribution in [0.2, 0.25) is 0 Å². The van der Waals surface area contributed by atoms with E-state index >= 15 is 0 Å². The van der Waals surface area contributed by atoms with Crippen LogP contribution in [0.5, 0.6) is 5.75 Å². The first kappa shape index (κ1) is 21.2. The monoisotopic (exact) mass is 446 g/mol. The Labute approximate surface area is 190 Å². The molecule has 1 atom stereocenters. The van der Waals surface area contributed by atoms with E-state index in [1.165, 1.54) is 25.8 Å². The Morgan fingerprint density at radius 3 is 2.73 bits per heavy atom. The third-order valence-corrected chi connectivity index (χ3v) is 5.82. The lowest BCUT2D eigenvalue weighted by Crippen LogP contribution is -2.36. The molecule has 2 N–H and O–H groups in total. The quantitative estimate of drug-likeness (QED) is 0.499. The van der Waals surface area contributed by atoms with E-state index in [0.29, 0.717) is 41.5 Å². The van der Waals surface area contributed by atoms with E-state index < -0.39 is 11.9 Å². The van der Waals surface area contributed by atoms with Crippen LogP contribution in [0.1, 0.15) is 17.3 Å². The van der Waals surface area contributed by atoms with Crippen molar-refractivity contribution in [1.82, 2.24) is 19.9 Å². The number of fused-ring (bicyclic) bond motifs is 1. The van der Waals surface area contributed by atoms with Crippen molar-refractivity contribution in [2.75, 3.05) is 38.3 Å². The standard InChI is InChI=1S/C24H23FN6O2/c1-32-21-12-27-13-29-24(21)22(26)15-2-5-19(25)18(10-15)23-17-4-3-16(11-20(17)28-14-30-23)31-6-8-33-9-7-31/h2-5,10-14,22H,6-9,26H2,1H3. The number of benzene rings is 2. The summed E-state index contributed by atoms with van der Waals surface area (Å²) in [6.45, 7) is 3.04. The number of ether oxygens (including phenoxy) is 2. The lowest BCUT2D eigenvalue weighted by molar-refractivity contribution is 0.122. The van der Waals surface area contributed by atoms with Gasteiger partial charge in [-0.05, 0) is 35.9 Å². The Morgan fingerprint density at radius 1 is 1.06 bits per heavy atom. The first-order valence-electron chi connectivity index (χ1n) is 10.6. The van der Waals surface area contributed by atoms with E-state index in [2.05, 4.69) is 24.8 Å². The SMILES string of the molecule is COc1cncnc1C(N)c1ccc(F)c(-c2ncnc3cc(N4CCOCC4)ccc23)c1. The highest BCUT2D eigenvalue weighted by molar-refractivity contribution is 5.94. The number of anilines is 1. The zero-order chi connectivity index (χ0) is 22.8. The van der Waals surface area contributed by atoms with Crippen molar-refractivity contribution in [2.45, 2.75) is 6.04 Å². The molecule has 2 aromatic heterocycles. The van der Waals surface area contributed by atoms with E-state index in [-0.39, 0.29) is 0 Å². The summed E-state index contributed by atoms with van der Waals surface area (Å²) in [5.41, 5.74) is 10.3. The van der Waals surface area contributed by atoms with Crippen molar-refractivity contribution in [2.24, 2.45) is 5.73 Å². The summed E-state index contributed by atoms with van der Waals surface area (Å²) in [5.74, 6) is 0.0804. The van der Waals surface area contributed by atoms with Crippen molar-refractivity contribution >= 4 is 16.6 Å². The molecule has 0 bridgehead atoms. The number of nitrogens with two attached hydrogens (primary N) is 1. The van der Waals surface area contributed by atoms with E-state index in [9.17, 15) is 4.39 Å². The van der Waals surface area contributed by atoms with Gasteiger partial charge >= 0.3 is 0 Å². The normalized spacial score (nSPS) is 14.9.